The zero-order valence-corrected chi connectivity index (χ0v) is 19.4. The molecule has 2 aromatic rings. The first-order chi connectivity index (χ1) is 16.0. The fourth-order valence-electron chi connectivity index (χ4n) is 5.10. The zero-order chi connectivity index (χ0) is 23.2. The van der Waals surface area contributed by atoms with Gasteiger partial charge in [-0.25, -0.2) is 9.78 Å². The van der Waals surface area contributed by atoms with Crippen LogP contribution in [0.2, 0.25) is 0 Å². The van der Waals surface area contributed by atoms with E-state index in [0.29, 0.717) is 28.3 Å². The average Bonchev–Trinajstić information content (AvgIpc) is 2.83. The van der Waals surface area contributed by atoms with Crippen LogP contribution in [0.15, 0.2) is 29.3 Å². The van der Waals surface area contributed by atoms with Crippen LogP contribution >= 0.6 is 0 Å². The van der Waals surface area contributed by atoms with E-state index >= 15 is 0 Å². The lowest BCUT2D eigenvalue weighted by atomic mass is 9.86. The molecule has 1 aliphatic heterocycles. The number of rotatable bonds is 6. The molecular formula is C25H35N5O3. The molecule has 0 spiro atoms. The van der Waals surface area contributed by atoms with Crippen LogP contribution in [0, 0.1) is 11.8 Å². The number of likely N-dealkylation sites (tertiary alicyclic amines) is 1. The third kappa shape index (κ3) is 6.13. The number of phenolic OH excluding ortho intramolecular Hbond substituents is 1. The van der Waals surface area contributed by atoms with E-state index in [1.807, 2.05) is 0 Å². The summed E-state index contributed by atoms with van der Waals surface area (Å²) in [5.41, 5.74) is 7.15. The molecule has 1 aliphatic carbocycles. The average molecular weight is 454 g/mol. The van der Waals surface area contributed by atoms with Gasteiger partial charge in [0, 0.05) is 30.0 Å². The fourth-order valence-corrected chi connectivity index (χ4v) is 5.10. The molecular weight excluding hydrogens is 418 g/mol. The molecule has 4 N–H and O–H groups in total. The predicted octanol–water partition coefficient (Wildman–Crippen LogP) is 4.52. The molecule has 1 aromatic heterocycles. The van der Waals surface area contributed by atoms with E-state index in [2.05, 4.69) is 20.2 Å². The normalized spacial score (nSPS) is 20.6. The van der Waals surface area contributed by atoms with Gasteiger partial charge in [-0.05, 0) is 50.4 Å². The smallest absolute Gasteiger partial charge is 0.347 e. The minimum Gasteiger partial charge on any atom is -0.508 e. The van der Waals surface area contributed by atoms with Crippen molar-refractivity contribution >= 4 is 28.5 Å². The number of ether oxygens (including phenoxy) is 1. The number of nitrogens with zero attached hydrogens (tertiary/aromatic N) is 3. The van der Waals surface area contributed by atoms with Crippen LogP contribution in [0.1, 0.15) is 51.4 Å². The number of nitrogens with one attached hydrogen (secondary N) is 1. The van der Waals surface area contributed by atoms with Gasteiger partial charge in [-0.3, -0.25) is 0 Å². The lowest BCUT2D eigenvalue weighted by Crippen LogP contribution is -2.42. The summed E-state index contributed by atoms with van der Waals surface area (Å²) >= 11 is 0. The predicted molar refractivity (Wildman–Crippen MR) is 131 cm³/mol. The Kier molecular flexibility index (Phi) is 7.65. The van der Waals surface area contributed by atoms with Gasteiger partial charge in [-0.1, -0.05) is 32.1 Å². The second-order valence-corrected chi connectivity index (χ2v) is 9.32. The molecule has 1 saturated carbocycles. The Morgan fingerprint density at radius 2 is 2.06 bits per heavy atom. The van der Waals surface area contributed by atoms with Gasteiger partial charge in [0.05, 0.1) is 18.3 Å². The lowest BCUT2D eigenvalue weighted by Gasteiger charge is -2.33. The van der Waals surface area contributed by atoms with Gasteiger partial charge in [0.15, 0.2) is 0 Å². The first kappa shape index (κ1) is 23.3. The quantitative estimate of drug-likeness (QED) is 0.438. The first-order valence-corrected chi connectivity index (χ1v) is 12.1. The van der Waals surface area contributed by atoms with Gasteiger partial charge < -0.3 is 25.8 Å². The van der Waals surface area contributed by atoms with E-state index in [0.717, 1.165) is 38.4 Å². The van der Waals surface area contributed by atoms with Crippen molar-refractivity contribution in [3.8, 4) is 11.6 Å². The first-order valence-electron chi connectivity index (χ1n) is 12.1. The molecule has 1 atom stereocenters. The Labute approximate surface area is 195 Å². The van der Waals surface area contributed by atoms with Gasteiger partial charge in [0.1, 0.15) is 11.6 Å². The van der Waals surface area contributed by atoms with Gasteiger partial charge >= 0.3 is 6.03 Å². The Morgan fingerprint density at radius 1 is 1.24 bits per heavy atom. The maximum Gasteiger partial charge on any atom is 0.347 e. The summed E-state index contributed by atoms with van der Waals surface area (Å²) in [5.74, 6) is 1.75. The van der Waals surface area contributed by atoms with Crippen molar-refractivity contribution in [1.82, 2.24) is 9.88 Å². The van der Waals surface area contributed by atoms with Crippen molar-refractivity contribution in [1.29, 1.82) is 0 Å². The van der Waals surface area contributed by atoms with Crippen molar-refractivity contribution in [3.63, 3.8) is 0 Å². The molecule has 2 aliphatic rings. The molecule has 178 valence electrons. The Balaban J connectivity index is 1.38. The number of aliphatic imine (C=N–C) groups is 1. The van der Waals surface area contributed by atoms with Crippen LogP contribution in [0.25, 0.3) is 10.9 Å². The summed E-state index contributed by atoms with van der Waals surface area (Å²) in [6, 6.07) is 5.94. The number of carbonyl (C=O) groups excluding carboxylic acids is 1. The maximum absolute atomic E-state index is 12.7. The maximum atomic E-state index is 12.7. The summed E-state index contributed by atoms with van der Waals surface area (Å²) in [4.78, 5) is 23.7. The molecule has 8 nitrogen and oxygen atoms in total. The molecule has 1 unspecified atom stereocenters. The molecule has 2 heterocycles. The second kappa shape index (κ2) is 10.8. The van der Waals surface area contributed by atoms with Gasteiger partial charge in [0.2, 0.25) is 5.88 Å². The van der Waals surface area contributed by atoms with E-state index < -0.39 is 6.03 Å². The monoisotopic (exact) mass is 453 g/mol. The highest BCUT2D eigenvalue weighted by atomic mass is 16.5. The third-order valence-electron chi connectivity index (χ3n) is 6.94. The number of nitrogens with two attached hydrogens (primary N) is 1. The minimum atomic E-state index is -0.566. The molecule has 4 rings (SSSR count). The number of urea groups is 1. The summed E-state index contributed by atoms with van der Waals surface area (Å²) < 4.78 is 5.19. The van der Waals surface area contributed by atoms with Crippen LogP contribution in [0.3, 0.4) is 0 Å². The topological polar surface area (TPSA) is 113 Å². The van der Waals surface area contributed by atoms with E-state index in [9.17, 15) is 9.90 Å². The van der Waals surface area contributed by atoms with Crippen molar-refractivity contribution in [2.45, 2.75) is 51.4 Å². The van der Waals surface area contributed by atoms with E-state index in [-0.39, 0.29) is 11.7 Å². The number of pyridine rings is 1. The second-order valence-electron chi connectivity index (χ2n) is 9.32. The molecule has 8 heteroatoms. The van der Waals surface area contributed by atoms with Crippen molar-refractivity contribution in [2.75, 3.05) is 32.1 Å². The molecule has 0 radical (unpaired) electrons. The molecule has 2 amide bonds. The largest absolute Gasteiger partial charge is 0.508 e. The number of fused-ring (bicyclic) bond motifs is 1. The molecule has 2 fully saturated rings. The number of methoxy groups -OCH3 is 1. The highest BCUT2D eigenvalue weighted by Gasteiger charge is 2.24. The summed E-state index contributed by atoms with van der Waals surface area (Å²) in [6.07, 6.45) is 10.1. The van der Waals surface area contributed by atoms with Crippen LogP contribution in [0.4, 0.5) is 10.5 Å². The molecule has 33 heavy (non-hydrogen) atoms. The number of amides is 2. The number of carbonyl (C=O) groups is 1. The van der Waals surface area contributed by atoms with Crippen molar-refractivity contribution in [3.05, 3.63) is 24.3 Å². The molecule has 1 aromatic carbocycles. The van der Waals surface area contributed by atoms with Gasteiger partial charge in [-0.2, -0.15) is 4.99 Å². The van der Waals surface area contributed by atoms with Crippen LogP contribution in [-0.2, 0) is 0 Å². The number of hydrogen-bond donors (Lipinski definition) is 3. The highest BCUT2D eigenvalue weighted by molar-refractivity contribution is 6.05. The molecule has 0 bridgehead atoms. The van der Waals surface area contributed by atoms with Crippen LogP contribution < -0.4 is 15.8 Å². The number of piperidine rings is 1. The van der Waals surface area contributed by atoms with Crippen LogP contribution in [0.5, 0.6) is 11.6 Å². The summed E-state index contributed by atoms with van der Waals surface area (Å²) in [6.45, 7) is 3.04. The SMILES string of the molecule is COc1ccc2cc(O)cc(NC(=O)/N=C(\N)C3CCCN(CCC4CCCCC4)C3)c2n1. The Morgan fingerprint density at radius 3 is 2.85 bits per heavy atom. The third-order valence-corrected chi connectivity index (χ3v) is 6.94. The van der Waals surface area contributed by atoms with E-state index in [4.69, 9.17) is 10.5 Å². The number of phenols is 1. The number of aromatic nitrogens is 1. The Hall–Kier alpha value is -2.87. The van der Waals surface area contributed by atoms with Crippen molar-refractivity contribution in [2.24, 2.45) is 22.6 Å². The minimum absolute atomic E-state index is 0.0302. The summed E-state index contributed by atoms with van der Waals surface area (Å²) in [5, 5.41) is 13.4. The number of anilines is 1. The summed E-state index contributed by atoms with van der Waals surface area (Å²) in [7, 11) is 1.53. The standard InChI is InChI=1S/C25H35N5O3/c1-33-22-10-9-18-14-20(31)15-21(23(18)28-22)27-25(32)29-24(26)19-8-5-12-30(16-19)13-11-17-6-3-2-4-7-17/h9-10,14-15,17,19,31H,2-8,11-13,16H2,1H3,(H3,26,27,29,32). The van der Waals surface area contributed by atoms with Gasteiger partial charge in [0.25, 0.3) is 0 Å². The number of hydrogen-bond acceptors (Lipinski definition) is 5. The zero-order valence-electron chi connectivity index (χ0n) is 19.4. The Bertz CT molecular complexity index is 1000. The van der Waals surface area contributed by atoms with E-state index in [1.54, 1.807) is 18.2 Å². The van der Waals surface area contributed by atoms with Crippen molar-refractivity contribution < 1.29 is 14.6 Å². The molecule has 1 saturated heterocycles. The van der Waals surface area contributed by atoms with Crippen LogP contribution in [-0.4, -0.2) is 53.6 Å². The number of benzene rings is 1. The number of aromatic hydroxyl groups is 1. The van der Waals surface area contributed by atoms with Gasteiger partial charge in [-0.15, -0.1) is 0 Å². The fraction of sp³-hybridized carbons (Fsp3) is 0.560. The number of amidine groups is 1. The lowest BCUT2D eigenvalue weighted by molar-refractivity contribution is 0.182. The highest BCUT2D eigenvalue weighted by Crippen LogP contribution is 2.30. The van der Waals surface area contributed by atoms with E-state index in [1.165, 1.54) is 51.7 Å².